The van der Waals surface area contributed by atoms with Crippen molar-refractivity contribution in [2.24, 2.45) is 0 Å². The van der Waals surface area contributed by atoms with E-state index in [9.17, 15) is 8.42 Å². The molecule has 0 radical (unpaired) electrons. The van der Waals surface area contributed by atoms with Crippen LogP contribution >= 0.6 is 0 Å². The maximum atomic E-state index is 11.7. The maximum absolute atomic E-state index is 11.7. The Balaban J connectivity index is 2.09. The third-order valence-corrected chi connectivity index (χ3v) is 4.56. The standard InChI is InChI=1S/C11H14N4O2S/c1-18(16,17)15-8-4-5-9(15)11-13-12-10-6-2-3-7-14(10)11/h2-3,6-7,9H,4-5,8H2,1H3/t9-/m0/s1. The van der Waals surface area contributed by atoms with Gasteiger partial charge in [0.1, 0.15) is 0 Å². The summed E-state index contributed by atoms with van der Waals surface area (Å²) in [4.78, 5) is 0. The highest BCUT2D eigenvalue weighted by Gasteiger charge is 2.35. The van der Waals surface area contributed by atoms with E-state index < -0.39 is 10.0 Å². The highest BCUT2D eigenvalue weighted by Crippen LogP contribution is 2.32. The Bertz CT molecular complexity index is 679. The number of sulfonamides is 1. The Morgan fingerprint density at radius 2 is 2.17 bits per heavy atom. The lowest BCUT2D eigenvalue weighted by atomic mass is 10.2. The summed E-state index contributed by atoms with van der Waals surface area (Å²) in [6.07, 6.45) is 4.76. The van der Waals surface area contributed by atoms with Gasteiger partial charge in [-0.25, -0.2) is 8.42 Å². The van der Waals surface area contributed by atoms with Gasteiger partial charge in [-0.15, -0.1) is 10.2 Å². The minimum atomic E-state index is -3.19. The molecule has 1 fully saturated rings. The summed E-state index contributed by atoms with van der Waals surface area (Å²) in [7, 11) is -3.19. The van der Waals surface area contributed by atoms with Crippen molar-refractivity contribution in [2.75, 3.05) is 12.8 Å². The smallest absolute Gasteiger partial charge is 0.211 e. The van der Waals surface area contributed by atoms with Gasteiger partial charge in [0.25, 0.3) is 0 Å². The quantitative estimate of drug-likeness (QED) is 0.807. The van der Waals surface area contributed by atoms with Crippen molar-refractivity contribution in [3.05, 3.63) is 30.2 Å². The Morgan fingerprint density at radius 3 is 2.94 bits per heavy atom. The van der Waals surface area contributed by atoms with Crippen LogP contribution in [0.3, 0.4) is 0 Å². The van der Waals surface area contributed by atoms with Crippen molar-refractivity contribution in [2.45, 2.75) is 18.9 Å². The molecule has 0 bridgehead atoms. The van der Waals surface area contributed by atoms with Gasteiger partial charge in [-0.3, -0.25) is 4.40 Å². The van der Waals surface area contributed by atoms with Gasteiger partial charge in [-0.05, 0) is 25.0 Å². The number of hydrogen-bond acceptors (Lipinski definition) is 4. The van der Waals surface area contributed by atoms with Crippen molar-refractivity contribution in [1.29, 1.82) is 0 Å². The van der Waals surface area contributed by atoms with E-state index in [4.69, 9.17) is 0 Å². The van der Waals surface area contributed by atoms with Gasteiger partial charge in [0.2, 0.25) is 10.0 Å². The molecule has 1 aliphatic rings. The first-order valence-electron chi connectivity index (χ1n) is 5.84. The first-order valence-corrected chi connectivity index (χ1v) is 7.69. The Hall–Kier alpha value is -1.47. The molecular formula is C11H14N4O2S. The second-order valence-electron chi connectivity index (χ2n) is 4.52. The third-order valence-electron chi connectivity index (χ3n) is 3.27. The van der Waals surface area contributed by atoms with E-state index in [1.807, 2.05) is 28.8 Å². The van der Waals surface area contributed by atoms with E-state index >= 15 is 0 Å². The molecule has 0 aromatic carbocycles. The van der Waals surface area contributed by atoms with Crippen LogP contribution in [0.1, 0.15) is 24.7 Å². The fourth-order valence-electron chi connectivity index (χ4n) is 2.48. The molecule has 2 aromatic heterocycles. The molecule has 3 heterocycles. The molecule has 6 nitrogen and oxygen atoms in total. The van der Waals surface area contributed by atoms with Gasteiger partial charge in [-0.1, -0.05) is 6.07 Å². The summed E-state index contributed by atoms with van der Waals surface area (Å²) >= 11 is 0. The zero-order chi connectivity index (χ0) is 12.8. The zero-order valence-corrected chi connectivity index (χ0v) is 10.8. The second-order valence-corrected chi connectivity index (χ2v) is 6.45. The lowest BCUT2D eigenvalue weighted by Gasteiger charge is -2.20. The van der Waals surface area contributed by atoms with Crippen LogP contribution < -0.4 is 0 Å². The van der Waals surface area contributed by atoms with Crippen molar-refractivity contribution in [3.63, 3.8) is 0 Å². The summed E-state index contributed by atoms with van der Waals surface area (Å²) in [6, 6.07) is 5.43. The van der Waals surface area contributed by atoms with Crippen LogP contribution in [-0.2, 0) is 10.0 Å². The molecule has 1 aliphatic heterocycles. The molecule has 18 heavy (non-hydrogen) atoms. The van der Waals surface area contributed by atoms with Gasteiger partial charge < -0.3 is 0 Å². The van der Waals surface area contributed by atoms with Crippen molar-refractivity contribution in [3.8, 4) is 0 Å². The number of rotatable bonds is 2. The Labute approximate surface area is 105 Å². The number of hydrogen-bond donors (Lipinski definition) is 0. The van der Waals surface area contributed by atoms with E-state index in [0.717, 1.165) is 18.5 Å². The van der Waals surface area contributed by atoms with E-state index in [0.29, 0.717) is 12.4 Å². The molecule has 2 aromatic rings. The van der Waals surface area contributed by atoms with E-state index in [1.165, 1.54) is 10.6 Å². The average Bonchev–Trinajstić information content (AvgIpc) is 2.93. The monoisotopic (exact) mass is 266 g/mol. The van der Waals surface area contributed by atoms with Gasteiger partial charge in [0.05, 0.1) is 12.3 Å². The Kier molecular flexibility index (Phi) is 2.60. The van der Waals surface area contributed by atoms with E-state index in [2.05, 4.69) is 10.2 Å². The molecule has 3 rings (SSSR count). The van der Waals surface area contributed by atoms with Crippen LogP contribution in [0.5, 0.6) is 0 Å². The SMILES string of the molecule is CS(=O)(=O)N1CCC[C@H]1c1nnc2ccccn12. The van der Waals surface area contributed by atoms with Crippen LogP contribution in [0.25, 0.3) is 5.65 Å². The predicted molar refractivity (Wildman–Crippen MR) is 66.5 cm³/mol. The molecule has 0 N–H and O–H groups in total. The van der Waals surface area contributed by atoms with Gasteiger partial charge in [0.15, 0.2) is 11.5 Å². The van der Waals surface area contributed by atoms with Gasteiger partial charge in [0, 0.05) is 12.7 Å². The highest BCUT2D eigenvalue weighted by molar-refractivity contribution is 7.88. The topological polar surface area (TPSA) is 67.6 Å². The summed E-state index contributed by atoms with van der Waals surface area (Å²) < 4.78 is 26.9. The van der Waals surface area contributed by atoms with Crippen LogP contribution in [0, 0.1) is 0 Å². The number of nitrogens with zero attached hydrogens (tertiary/aromatic N) is 4. The van der Waals surface area contributed by atoms with Gasteiger partial charge in [-0.2, -0.15) is 4.31 Å². The molecule has 0 unspecified atom stereocenters. The molecular weight excluding hydrogens is 252 g/mol. The Morgan fingerprint density at radius 1 is 1.33 bits per heavy atom. The first kappa shape index (κ1) is 11.6. The number of aromatic nitrogens is 3. The molecule has 0 amide bonds. The normalized spacial score (nSPS) is 21.7. The maximum Gasteiger partial charge on any atom is 0.211 e. The fourth-order valence-corrected chi connectivity index (χ4v) is 3.60. The zero-order valence-electron chi connectivity index (χ0n) is 10.0. The molecule has 0 saturated carbocycles. The second kappa shape index (κ2) is 4.03. The average molecular weight is 266 g/mol. The van der Waals surface area contributed by atoms with E-state index in [-0.39, 0.29) is 6.04 Å². The summed E-state index contributed by atoms with van der Waals surface area (Å²) in [5.74, 6) is 0.702. The minimum Gasteiger partial charge on any atom is -0.285 e. The summed E-state index contributed by atoms with van der Waals surface area (Å²) in [5.41, 5.74) is 0.743. The number of fused-ring (bicyclic) bond motifs is 1. The van der Waals surface area contributed by atoms with Crippen molar-refractivity contribution >= 4 is 15.7 Å². The van der Waals surface area contributed by atoms with Crippen molar-refractivity contribution in [1.82, 2.24) is 18.9 Å². The fraction of sp³-hybridized carbons (Fsp3) is 0.455. The van der Waals surface area contributed by atoms with Crippen LogP contribution in [-0.4, -0.2) is 40.1 Å². The third kappa shape index (κ3) is 1.79. The molecule has 0 aliphatic carbocycles. The minimum absolute atomic E-state index is 0.197. The molecule has 0 spiro atoms. The molecule has 96 valence electrons. The molecule has 1 atom stereocenters. The summed E-state index contributed by atoms with van der Waals surface area (Å²) in [6.45, 7) is 0.561. The van der Waals surface area contributed by atoms with Gasteiger partial charge >= 0.3 is 0 Å². The van der Waals surface area contributed by atoms with E-state index in [1.54, 1.807) is 0 Å². The van der Waals surface area contributed by atoms with Crippen LogP contribution in [0.4, 0.5) is 0 Å². The van der Waals surface area contributed by atoms with Crippen molar-refractivity contribution < 1.29 is 8.42 Å². The van der Waals surface area contributed by atoms with Crippen LogP contribution in [0.2, 0.25) is 0 Å². The lowest BCUT2D eigenvalue weighted by Crippen LogP contribution is -2.30. The first-order chi connectivity index (χ1) is 8.57. The molecule has 1 saturated heterocycles. The number of pyridine rings is 1. The molecule has 7 heteroatoms. The largest absolute Gasteiger partial charge is 0.285 e. The highest BCUT2D eigenvalue weighted by atomic mass is 32.2. The predicted octanol–water partition coefficient (Wildman–Crippen LogP) is 0.826. The lowest BCUT2D eigenvalue weighted by molar-refractivity contribution is 0.384. The van der Waals surface area contributed by atoms with Crippen LogP contribution in [0.15, 0.2) is 24.4 Å². The summed E-state index contributed by atoms with van der Waals surface area (Å²) in [5, 5.41) is 8.22.